The Balaban J connectivity index is 2.07. The number of hydrogen-bond acceptors (Lipinski definition) is 4. The molecule has 19 heavy (non-hydrogen) atoms. The molecule has 0 spiro atoms. The van der Waals surface area contributed by atoms with E-state index in [0.29, 0.717) is 5.57 Å². The molecule has 0 saturated heterocycles. The zero-order chi connectivity index (χ0) is 13.2. The lowest BCUT2D eigenvalue weighted by Gasteiger charge is -1.90. The van der Waals surface area contributed by atoms with Gasteiger partial charge in [0.2, 0.25) is 0 Å². The second-order valence-corrected chi connectivity index (χ2v) is 6.46. The summed E-state index contributed by atoms with van der Waals surface area (Å²) in [4.78, 5) is 6.85. The molecule has 0 saturated carbocycles. The average molecular weight is 282 g/mol. The monoisotopic (exact) mass is 282 g/mol. The second kappa shape index (κ2) is 4.96. The standard InChI is InChI=1S/C15H10N2S2/c1-10-6-7-12(18-10)8-11(9-16)15-17-13-4-2-3-5-14(13)19-15/h2-8H,1H3/b11-8-. The van der Waals surface area contributed by atoms with E-state index in [2.05, 4.69) is 24.0 Å². The van der Waals surface area contributed by atoms with E-state index in [1.54, 1.807) is 22.7 Å². The van der Waals surface area contributed by atoms with Crippen molar-refractivity contribution < 1.29 is 0 Å². The van der Waals surface area contributed by atoms with Crippen molar-refractivity contribution in [1.29, 1.82) is 5.26 Å². The highest BCUT2D eigenvalue weighted by Gasteiger charge is 2.08. The molecule has 0 bridgehead atoms. The van der Waals surface area contributed by atoms with Crippen molar-refractivity contribution in [2.45, 2.75) is 6.92 Å². The van der Waals surface area contributed by atoms with E-state index in [1.807, 2.05) is 36.4 Å². The van der Waals surface area contributed by atoms with Crippen LogP contribution in [0.15, 0.2) is 36.4 Å². The van der Waals surface area contributed by atoms with Crippen LogP contribution in [0.2, 0.25) is 0 Å². The maximum Gasteiger partial charge on any atom is 0.135 e. The number of thiazole rings is 1. The number of aromatic nitrogens is 1. The van der Waals surface area contributed by atoms with Crippen LogP contribution in [0.5, 0.6) is 0 Å². The lowest BCUT2D eigenvalue weighted by Crippen LogP contribution is -1.78. The van der Waals surface area contributed by atoms with Gasteiger partial charge in [-0.15, -0.1) is 22.7 Å². The molecule has 0 aliphatic carbocycles. The Morgan fingerprint density at radius 1 is 1.21 bits per heavy atom. The number of rotatable bonds is 2. The fourth-order valence-corrected chi connectivity index (χ4v) is 3.55. The Bertz CT molecular complexity index is 770. The van der Waals surface area contributed by atoms with Crippen molar-refractivity contribution in [2.75, 3.05) is 0 Å². The van der Waals surface area contributed by atoms with E-state index < -0.39 is 0 Å². The second-order valence-electron chi connectivity index (χ2n) is 4.10. The van der Waals surface area contributed by atoms with Gasteiger partial charge in [0.25, 0.3) is 0 Å². The van der Waals surface area contributed by atoms with E-state index >= 15 is 0 Å². The van der Waals surface area contributed by atoms with E-state index in [-0.39, 0.29) is 0 Å². The number of para-hydroxylation sites is 1. The van der Waals surface area contributed by atoms with Crippen molar-refractivity contribution in [3.63, 3.8) is 0 Å². The number of allylic oxidation sites excluding steroid dienone is 1. The van der Waals surface area contributed by atoms with Gasteiger partial charge in [-0.05, 0) is 37.3 Å². The van der Waals surface area contributed by atoms with Gasteiger partial charge in [0, 0.05) is 9.75 Å². The van der Waals surface area contributed by atoms with E-state index in [4.69, 9.17) is 0 Å². The van der Waals surface area contributed by atoms with Crippen molar-refractivity contribution in [3.05, 3.63) is 51.2 Å². The first kappa shape index (κ1) is 12.1. The van der Waals surface area contributed by atoms with Gasteiger partial charge in [-0.3, -0.25) is 0 Å². The summed E-state index contributed by atoms with van der Waals surface area (Å²) in [5.41, 5.74) is 1.58. The van der Waals surface area contributed by atoms with Gasteiger partial charge in [-0.2, -0.15) is 5.26 Å². The van der Waals surface area contributed by atoms with Gasteiger partial charge in [-0.25, -0.2) is 4.98 Å². The number of benzene rings is 1. The van der Waals surface area contributed by atoms with Crippen LogP contribution in [0.25, 0.3) is 21.9 Å². The summed E-state index contributed by atoms with van der Waals surface area (Å²) in [6, 6.07) is 14.3. The highest BCUT2D eigenvalue weighted by Crippen LogP contribution is 2.29. The molecule has 2 heterocycles. The summed E-state index contributed by atoms with van der Waals surface area (Å²) in [5, 5.41) is 10.1. The third-order valence-electron chi connectivity index (χ3n) is 2.69. The summed E-state index contributed by atoms with van der Waals surface area (Å²) in [6.45, 7) is 2.06. The lowest BCUT2D eigenvalue weighted by molar-refractivity contribution is 1.44. The molecular formula is C15H10N2S2. The molecule has 3 aromatic rings. The molecule has 0 amide bonds. The molecule has 0 atom stereocenters. The maximum atomic E-state index is 9.33. The quantitative estimate of drug-likeness (QED) is 0.637. The van der Waals surface area contributed by atoms with Gasteiger partial charge < -0.3 is 0 Å². The Morgan fingerprint density at radius 3 is 2.74 bits per heavy atom. The molecule has 0 N–H and O–H groups in total. The number of nitrogens with zero attached hydrogens (tertiary/aromatic N) is 2. The Labute approximate surface area is 119 Å². The van der Waals surface area contributed by atoms with Gasteiger partial charge in [0.1, 0.15) is 11.1 Å². The first-order valence-corrected chi connectivity index (χ1v) is 7.44. The van der Waals surface area contributed by atoms with Crippen molar-refractivity contribution in [1.82, 2.24) is 4.98 Å². The molecule has 2 aromatic heterocycles. The molecule has 0 unspecified atom stereocenters. The summed E-state index contributed by atoms with van der Waals surface area (Å²) in [6.07, 6.45) is 1.91. The first-order chi connectivity index (χ1) is 9.26. The van der Waals surface area contributed by atoms with Gasteiger partial charge in [-0.1, -0.05) is 12.1 Å². The smallest absolute Gasteiger partial charge is 0.135 e. The number of aryl methyl sites for hydroxylation is 1. The van der Waals surface area contributed by atoms with Crippen LogP contribution in [0, 0.1) is 18.3 Å². The SMILES string of the molecule is Cc1ccc(/C=C(/C#N)c2nc3ccccc3s2)s1. The van der Waals surface area contributed by atoms with Crippen LogP contribution in [0.3, 0.4) is 0 Å². The van der Waals surface area contributed by atoms with E-state index in [1.165, 1.54) is 4.88 Å². The molecule has 0 radical (unpaired) electrons. The van der Waals surface area contributed by atoms with Crippen molar-refractivity contribution in [2.24, 2.45) is 0 Å². The summed E-state index contributed by atoms with van der Waals surface area (Å²) < 4.78 is 1.11. The van der Waals surface area contributed by atoms with Gasteiger partial charge >= 0.3 is 0 Å². The molecule has 4 heteroatoms. The van der Waals surface area contributed by atoms with Crippen LogP contribution >= 0.6 is 22.7 Å². The Hall–Kier alpha value is -1.96. The number of nitriles is 1. The summed E-state index contributed by atoms with van der Waals surface area (Å²) in [5.74, 6) is 0. The van der Waals surface area contributed by atoms with Crippen LogP contribution in [0.1, 0.15) is 14.8 Å². The zero-order valence-corrected chi connectivity index (χ0v) is 11.9. The minimum atomic E-state index is 0.628. The largest absolute Gasteiger partial charge is 0.235 e. The third kappa shape index (κ3) is 2.43. The van der Waals surface area contributed by atoms with Crippen LogP contribution < -0.4 is 0 Å². The normalized spacial score (nSPS) is 11.7. The van der Waals surface area contributed by atoms with Crippen molar-refractivity contribution in [3.8, 4) is 6.07 Å². The number of fused-ring (bicyclic) bond motifs is 1. The van der Waals surface area contributed by atoms with Gasteiger partial charge in [0.05, 0.1) is 15.8 Å². The summed E-state index contributed by atoms with van der Waals surface area (Å²) >= 11 is 3.24. The molecule has 2 nitrogen and oxygen atoms in total. The molecule has 1 aromatic carbocycles. The molecule has 0 aliphatic rings. The minimum absolute atomic E-state index is 0.628. The fraction of sp³-hybridized carbons (Fsp3) is 0.0667. The zero-order valence-electron chi connectivity index (χ0n) is 10.3. The van der Waals surface area contributed by atoms with Gasteiger partial charge in [0.15, 0.2) is 0 Å². The average Bonchev–Trinajstić information content (AvgIpc) is 3.01. The van der Waals surface area contributed by atoms with E-state index in [0.717, 1.165) is 20.1 Å². The predicted octanol–water partition coefficient (Wildman–Crippen LogP) is 4.73. The molecular weight excluding hydrogens is 272 g/mol. The maximum absolute atomic E-state index is 9.33. The predicted molar refractivity (Wildman–Crippen MR) is 82.2 cm³/mol. The molecule has 0 fully saturated rings. The molecule has 92 valence electrons. The highest BCUT2D eigenvalue weighted by molar-refractivity contribution is 7.19. The summed E-state index contributed by atoms with van der Waals surface area (Å²) in [7, 11) is 0. The first-order valence-electron chi connectivity index (χ1n) is 5.80. The minimum Gasteiger partial charge on any atom is -0.235 e. The Morgan fingerprint density at radius 2 is 2.05 bits per heavy atom. The van der Waals surface area contributed by atoms with Crippen LogP contribution in [-0.2, 0) is 0 Å². The highest BCUT2D eigenvalue weighted by atomic mass is 32.1. The lowest BCUT2D eigenvalue weighted by atomic mass is 10.2. The Kier molecular flexibility index (Phi) is 3.16. The van der Waals surface area contributed by atoms with Crippen molar-refractivity contribution >= 4 is 44.5 Å². The van der Waals surface area contributed by atoms with Crippen LogP contribution in [0.4, 0.5) is 0 Å². The topological polar surface area (TPSA) is 36.7 Å². The number of thiophene rings is 1. The van der Waals surface area contributed by atoms with Crippen LogP contribution in [-0.4, -0.2) is 4.98 Å². The number of hydrogen-bond donors (Lipinski definition) is 0. The fourth-order valence-electron chi connectivity index (χ4n) is 1.80. The van der Waals surface area contributed by atoms with E-state index in [9.17, 15) is 5.26 Å². The molecule has 3 rings (SSSR count). The third-order valence-corrected chi connectivity index (χ3v) is 4.71. The molecule has 0 aliphatic heterocycles.